The zero-order chi connectivity index (χ0) is 41.6. The van der Waals surface area contributed by atoms with Gasteiger partial charge < -0.3 is 20.2 Å². The van der Waals surface area contributed by atoms with Gasteiger partial charge in [-0.2, -0.15) is 0 Å². The van der Waals surface area contributed by atoms with Gasteiger partial charge in [0.25, 0.3) is 0 Å². The quantitative estimate of drug-likeness (QED) is 0.0838. The number of Topliss-reactive ketones (excluding diaryl/α,β-unsaturated/α-hetero) is 1. The van der Waals surface area contributed by atoms with Crippen molar-refractivity contribution in [2.75, 3.05) is 10.2 Å². The summed E-state index contributed by atoms with van der Waals surface area (Å²) in [5.74, 6) is -2.93. The zero-order valence-electron chi connectivity index (χ0n) is 34.1. The smallest absolute Gasteiger partial charge is 0.246 e. The highest BCUT2D eigenvalue weighted by molar-refractivity contribution is 6.42. The van der Waals surface area contributed by atoms with E-state index in [-0.39, 0.29) is 96.1 Å². The second kappa shape index (κ2) is 15.8. The minimum Gasteiger partial charge on any atom is -0.506 e. The number of benzene rings is 1. The van der Waals surface area contributed by atoms with Crippen LogP contribution < -0.4 is 21.2 Å². The third-order valence-electron chi connectivity index (χ3n) is 12.1. The van der Waals surface area contributed by atoms with Crippen LogP contribution in [0.5, 0.6) is 0 Å². The number of carbonyl (C=O) groups is 5. The first kappa shape index (κ1) is 42.1. The molecule has 0 radical (unpaired) electrons. The Kier molecular flexibility index (Phi) is 11.9. The molecule has 0 saturated carbocycles. The van der Waals surface area contributed by atoms with Crippen molar-refractivity contribution in [3.05, 3.63) is 63.6 Å². The van der Waals surface area contributed by atoms with E-state index in [0.717, 1.165) is 22.5 Å². The monoisotopic (exact) mass is 772 g/mol. The zero-order valence-corrected chi connectivity index (χ0v) is 34.1. The number of hydrogen-bond acceptors (Lipinski definition) is 10. The molecule has 2 aliphatic heterocycles. The van der Waals surface area contributed by atoms with Crippen molar-refractivity contribution in [1.29, 1.82) is 0 Å². The number of likely N-dealkylation sites (tertiary alicyclic amines) is 1. The summed E-state index contributed by atoms with van der Waals surface area (Å²) in [6, 6.07) is 4.06. The topological polar surface area (TPSA) is 201 Å². The number of carbonyl (C=O) groups excluding carboxylic acids is 5. The van der Waals surface area contributed by atoms with Crippen molar-refractivity contribution < 1.29 is 39.5 Å². The number of aliphatic imine (C=N–C) groups is 1. The Hall–Kier alpha value is -5.08. The van der Waals surface area contributed by atoms with E-state index in [4.69, 9.17) is 10.4 Å². The predicted octanol–water partition coefficient (Wildman–Crippen LogP) is 5.95. The van der Waals surface area contributed by atoms with Gasteiger partial charge in [-0.05, 0) is 89.8 Å². The fourth-order valence-corrected chi connectivity index (χ4v) is 8.47. The summed E-state index contributed by atoms with van der Waals surface area (Å²) < 4.78 is 0. The third kappa shape index (κ3) is 7.43. The van der Waals surface area contributed by atoms with Gasteiger partial charge in [-0.15, -0.1) is 0 Å². The highest BCUT2D eigenvalue weighted by atomic mass is 16.5. The lowest BCUT2D eigenvalue weighted by molar-refractivity contribution is -0.130. The second-order valence-electron chi connectivity index (χ2n) is 16.9. The number of anilines is 2. The first-order valence-electron chi connectivity index (χ1n) is 19.4. The third-order valence-corrected chi connectivity index (χ3v) is 12.1. The van der Waals surface area contributed by atoms with Crippen LogP contribution in [0, 0.1) is 5.41 Å². The molecule has 0 spiro atoms. The number of aliphatic hydroxyl groups is 1. The Labute approximate surface area is 328 Å². The second-order valence-corrected chi connectivity index (χ2v) is 16.9. The Balaban J connectivity index is 1.67. The van der Waals surface area contributed by atoms with Gasteiger partial charge in [0, 0.05) is 83.2 Å². The van der Waals surface area contributed by atoms with Crippen LogP contribution in [0.15, 0.2) is 57.5 Å². The van der Waals surface area contributed by atoms with E-state index in [1.165, 1.54) is 0 Å². The molecule has 302 valence electrons. The number of allylic oxidation sites excluding steroid dienone is 6. The summed E-state index contributed by atoms with van der Waals surface area (Å²) in [6.45, 7) is 21.1. The molecular formula is C42H56N6O8. The van der Waals surface area contributed by atoms with Gasteiger partial charge >= 0.3 is 0 Å². The number of hydroxylamine groups is 2. The first-order valence-corrected chi connectivity index (χ1v) is 19.4. The molecule has 56 heavy (non-hydrogen) atoms. The molecule has 0 aromatic heterocycles. The number of fused-ring (bicyclic) bond motifs is 2. The molecule has 4 amide bonds. The van der Waals surface area contributed by atoms with Crippen LogP contribution in [0.3, 0.4) is 0 Å². The van der Waals surface area contributed by atoms with Crippen molar-refractivity contribution in [2.24, 2.45) is 10.4 Å². The summed E-state index contributed by atoms with van der Waals surface area (Å²) in [5, 5.41) is 32.7. The minimum atomic E-state index is -0.621. The summed E-state index contributed by atoms with van der Waals surface area (Å²) in [7, 11) is 0. The Morgan fingerprint density at radius 1 is 0.786 bits per heavy atom. The van der Waals surface area contributed by atoms with Crippen LogP contribution >= 0.6 is 0 Å². The van der Waals surface area contributed by atoms with Crippen molar-refractivity contribution >= 4 is 52.1 Å². The van der Waals surface area contributed by atoms with Gasteiger partial charge in [0.15, 0.2) is 0 Å². The number of nitrogens with one attached hydrogen (secondary N) is 3. The molecule has 1 aromatic carbocycles. The minimum absolute atomic E-state index is 0.00434. The van der Waals surface area contributed by atoms with E-state index in [1.807, 2.05) is 18.2 Å². The maximum atomic E-state index is 14.6. The summed E-state index contributed by atoms with van der Waals surface area (Å²) in [5.41, 5.74) is 7.26. The number of ketones is 1. The molecule has 14 nitrogen and oxygen atoms in total. The van der Waals surface area contributed by atoms with Gasteiger partial charge in [0.2, 0.25) is 29.4 Å². The highest BCUT2D eigenvalue weighted by Gasteiger charge is 2.49. The molecule has 1 aromatic rings. The van der Waals surface area contributed by atoms with Gasteiger partial charge in [0.1, 0.15) is 5.76 Å². The summed E-state index contributed by atoms with van der Waals surface area (Å²) in [4.78, 5) is 73.2. The Morgan fingerprint density at radius 3 is 1.89 bits per heavy atom. The van der Waals surface area contributed by atoms with Gasteiger partial charge in [-0.25, -0.2) is 16.0 Å². The van der Waals surface area contributed by atoms with E-state index in [9.17, 15) is 29.1 Å². The molecule has 2 heterocycles. The average Bonchev–Trinajstić information content (AvgIpc) is 3.44. The molecule has 2 aliphatic carbocycles. The van der Waals surface area contributed by atoms with E-state index >= 15 is 0 Å². The molecule has 2 atom stereocenters. The summed E-state index contributed by atoms with van der Waals surface area (Å²) in [6.07, 6.45) is 3.71. The van der Waals surface area contributed by atoms with Crippen LogP contribution in [0.2, 0.25) is 0 Å². The number of rotatable bonds is 12. The van der Waals surface area contributed by atoms with Gasteiger partial charge in [-0.3, -0.25) is 34.4 Å². The average molecular weight is 773 g/mol. The van der Waals surface area contributed by atoms with Crippen molar-refractivity contribution in [1.82, 2.24) is 15.9 Å². The fraction of sp³-hybridized carbons (Fsp3) is 0.524. The molecule has 14 heteroatoms. The largest absolute Gasteiger partial charge is 0.506 e. The van der Waals surface area contributed by atoms with Crippen molar-refractivity contribution in [3.63, 3.8) is 0 Å². The molecular weight excluding hydrogens is 716 g/mol. The normalized spacial score (nSPS) is 22.9. The van der Waals surface area contributed by atoms with Gasteiger partial charge in [-0.1, -0.05) is 27.7 Å². The number of amides is 4. The van der Waals surface area contributed by atoms with Crippen LogP contribution in [0.1, 0.15) is 119 Å². The Morgan fingerprint density at radius 2 is 1.34 bits per heavy atom. The Bertz CT molecular complexity index is 2020. The molecule has 4 aliphatic rings. The molecule has 5 rings (SSSR count). The van der Waals surface area contributed by atoms with E-state index in [1.54, 1.807) is 17.0 Å². The van der Waals surface area contributed by atoms with Crippen LogP contribution in [-0.4, -0.2) is 79.7 Å². The molecule has 2 unspecified atom stereocenters. The van der Waals surface area contributed by atoms with E-state index in [0.29, 0.717) is 16.8 Å². The lowest BCUT2D eigenvalue weighted by atomic mass is 9.73. The number of aliphatic hydroxyl groups excluding tert-OH is 1. The van der Waals surface area contributed by atoms with Gasteiger partial charge in [0.05, 0.1) is 22.5 Å². The van der Waals surface area contributed by atoms with Crippen LogP contribution in [0.25, 0.3) is 5.57 Å². The van der Waals surface area contributed by atoms with E-state index in [2.05, 4.69) is 89.3 Å². The lowest BCUT2D eigenvalue weighted by Crippen LogP contribution is -2.42. The lowest BCUT2D eigenvalue weighted by Gasteiger charge is -2.34. The molecule has 1 saturated heterocycles. The fourth-order valence-electron chi connectivity index (χ4n) is 8.47. The molecule has 6 N–H and O–H groups in total. The SMILES string of the molecule is CC(C)N1C2=CC(=NC(=O)CCCC(=O)NO)C(=C3C(=O)C(c4cc5c(cc4NC(=O)CCCC(=O)NO)N(C(C)C)C(C)C5(C)C)=C3O)C=C2C(C)(C)C1C. The molecule has 0 bridgehead atoms. The standard InChI is InChI=1S/C42H56N6O8/c1-21(2)47-23(5)41(7,8)27-17-25(29(19-31(27)47)43-33(49)13-11-15-35(51)45-55)37-39(53)38(40(37)54)26-18-28-32(48(22(3)4)24(6)42(28,9)10)20-30(26)44-34(50)14-12-16-36(52)46-56/h17-24,53,55-56H,11-16H2,1-10H3,(H,43,49)(H,45,51)(H,46,52). The highest BCUT2D eigenvalue weighted by Crippen LogP contribution is 2.53. The number of nitrogens with zero attached hydrogens (tertiary/aromatic N) is 3. The summed E-state index contributed by atoms with van der Waals surface area (Å²) >= 11 is 0. The van der Waals surface area contributed by atoms with Crippen LogP contribution in [0.4, 0.5) is 11.4 Å². The van der Waals surface area contributed by atoms with Crippen molar-refractivity contribution in [2.45, 2.75) is 137 Å². The number of hydrogen-bond donors (Lipinski definition) is 6. The van der Waals surface area contributed by atoms with E-state index < -0.39 is 29.4 Å². The maximum absolute atomic E-state index is 14.6. The predicted molar refractivity (Wildman–Crippen MR) is 213 cm³/mol. The first-order chi connectivity index (χ1) is 26.2. The van der Waals surface area contributed by atoms with Crippen LogP contribution in [-0.2, 0) is 29.4 Å². The maximum Gasteiger partial charge on any atom is 0.246 e. The van der Waals surface area contributed by atoms with Crippen molar-refractivity contribution in [3.8, 4) is 0 Å². The molecule has 1 fully saturated rings.